The molecule has 0 bridgehead atoms. The van der Waals surface area contributed by atoms with Crippen LogP contribution in [0.15, 0.2) is 24.3 Å². The Balaban J connectivity index is 1.67. The number of nitrogens with two attached hydrogens (primary N) is 1. The van der Waals surface area contributed by atoms with E-state index in [9.17, 15) is 0 Å². The van der Waals surface area contributed by atoms with Crippen LogP contribution in [0.5, 0.6) is 5.75 Å². The number of hydrogen-bond acceptors (Lipinski definition) is 3. The monoisotopic (exact) mass is 247 g/mol. The first kappa shape index (κ1) is 12.0. The second-order valence-electron chi connectivity index (χ2n) is 5.51. The molecule has 3 rings (SSSR count). The van der Waals surface area contributed by atoms with E-state index < -0.39 is 0 Å². The summed E-state index contributed by atoms with van der Waals surface area (Å²) in [6.07, 6.45) is 4.09. The van der Waals surface area contributed by atoms with Crippen molar-refractivity contribution in [1.82, 2.24) is 0 Å². The van der Waals surface area contributed by atoms with Gasteiger partial charge >= 0.3 is 0 Å². The first-order valence-electron chi connectivity index (χ1n) is 6.88. The van der Waals surface area contributed by atoms with Gasteiger partial charge in [-0.25, -0.2) is 0 Å². The van der Waals surface area contributed by atoms with Crippen LogP contribution in [-0.2, 0) is 4.74 Å². The molecule has 18 heavy (non-hydrogen) atoms. The lowest BCUT2D eigenvalue weighted by Crippen LogP contribution is -2.29. The Hall–Kier alpha value is -1.06. The summed E-state index contributed by atoms with van der Waals surface area (Å²) in [4.78, 5) is 0. The highest BCUT2D eigenvalue weighted by atomic mass is 16.5. The lowest BCUT2D eigenvalue weighted by Gasteiger charge is -2.22. The molecule has 1 aliphatic heterocycles. The molecule has 1 saturated carbocycles. The van der Waals surface area contributed by atoms with Crippen molar-refractivity contribution in [2.24, 2.45) is 11.7 Å². The molecule has 1 aliphatic carbocycles. The maximum absolute atomic E-state index is 6.29. The highest BCUT2D eigenvalue weighted by molar-refractivity contribution is 5.30. The van der Waals surface area contributed by atoms with Crippen LogP contribution in [0.3, 0.4) is 0 Å². The average Bonchev–Trinajstić information content (AvgIpc) is 3.09. The molecule has 0 radical (unpaired) electrons. The van der Waals surface area contributed by atoms with Crippen molar-refractivity contribution in [2.45, 2.75) is 44.4 Å². The Morgan fingerprint density at radius 2 is 1.94 bits per heavy atom. The van der Waals surface area contributed by atoms with Gasteiger partial charge in [0.05, 0.1) is 18.2 Å². The highest BCUT2D eigenvalue weighted by Crippen LogP contribution is 2.31. The average molecular weight is 247 g/mol. The lowest BCUT2D eigenvalue weighted by molar-refractivity contribution is 0.0725. The Morgan fingerprint density at radius 3 is 2.50 bits per heavy atom. The standard InChI is InChI=1S/C15H21NO2/c1-10-8-9-17-15(10)14(16)11-2-4-12(5-3-11)18-13-6-7-13/h2-5,10,13-15H,6-9,16H2,1H3. The molecular weight excluding hydrogens is 226 g/mol. The molecule has 98 valence electrons. The van der Waals surface area contributed by atoms with Gasteiger partial charge in [0.25, 0.3) is 0 Å². The zero-order chi connectivity index (χ0) is 12.5. The van der Waals surface area contributed by atoms with Crippen LogP contribution in [0.2, 0.25) is 0 Å². The predicted molar refractivity (Wildman–Crippen MR) is 70.5 cm³/mol. The third-order valence-electron chi connectivity index (χ3n) is 3.89. The normalized spacial score (nSPS) is 29.2. The van der Waals surface area contributed by atoms with Crippen LogP contribution in [0.4, 0.5) is 0 Å². The fraction of sp³-hybridized carbons (Fsp3) is 0.600. The minimum Gasteiger partial charge on any atom is -0.490 e. The van der Waals surface area contributed by atoms with E-state index in [0.717, 1.165) is 24.3 Å². The van der Waals surface area contributed by atoms with E-state index in [4.69, 9.17) is 15.2 Å². The minimum atomic E-state index is -0.0301. The van der Waals surface area contributed by atoms with Crippen LogP contribution in [0, 0.1) is 5.92 Å². The smallest absolute Gasteiger partial charge is 0.119 e. The van der Waals surface area contributed by atoms with E-state index in [2.05, 4.69) is 19.1 Å². The largest absolute Gasteiger partial charge is 0.490 e. The van der Waals surface area contributed by atoms with Crippen molar-refractivity contribution in [3.63, 3.8) is 0 Å². The highest BCUT2D eigenvalue weighted by Gasteiger charge is 2.30. The van der Waals surface area contributed by atoms with Gasteiger partial charge in [0.1, 0.15) is 5.75 Å². The lowest BCUT2D eigenvalue weighted by atomic mass is 9.93. The first-order valence-corrected chi connectivity index (χ1v) is 6.88. The molecule has 1 saturated heterocycles. The van der Waals surface area contributed by atoms with Crippen LogP contribution in [0.25, 0.3) is 0 Å². The van der Waals surface area contributed by atoms with Crippen LogP contribution in [0.1, 0.15) is 37.8 Å². The van der Waals surface area contributed by atoms with E-state index >= 15 is 0 Å². The third kappa shape index (κ3) is 2.52. The summed E-state index contributed by atoms with van der Waals surface area (Å²) < 4.78 is 11.5. The van der Waals surface area contributed by atoms with Crippen LogP contribution < -0.4 is 10.5 Å². The first-order chi connectivity index (χ1) is 8.74. The molecule has 3 heteroatoms. The molecule has 0 spiro atoms. The summed E-state index contributed by atoms with van der Waals surface area (Å²) in [7, 11) is 0. The molecule has 2 N–H and O–H groups in total. The van der Waals surface area contributed by atoms with Crippen molar-refractivity contribution < 1.29 is 9.47 Å². The topological polar surface area (TPSA) is 44.5 Å². The molecule has 3 unspecified atom stereocenters. The summed E-state index contributed by atoms with van der Waals surface area (Å²) in [6.45, 7) is 3.05. The number of benzene rings is 1. The number of hydrogen-bond donors (Lipinski definition) is 1. The minimum absolute atomic E-state index is 0.0301. The summed E-state index contributed by atoms with van der Waals surface area (Å²) in [5, 5.41) is 0. The van der Waals surface area contributed by atoms with Crippen molar-refractivity contribution in [3.8, 4) is 5.75 Å². The molecule has 3 nitrogen and oxygen atoms in total. The molecule has 2 aliphatic rings. The molecule has 2 fully saturated rings. The predicted octanol–water partition coefficient (Wildman–Crippen LogP) is 2.65. The number of rotatable bonds is 4. The summed E-state index contributed by atoms with van der Waals surface area (Å²) in [5.74, 6) is 1.50. The molecule has 1 heterocycles. The zero-order valence-electron chi connectivity index (χ0n) is 10.8. The summed E-state index contributed by atoms with van der Waals surface area (Å²) >= 11 is 0. The molecule has 1 aromatic rings. The number of ether oxygens (including phenoxy) is 2. The van der Waals surface area contributed by atoms with Crippen molar-refractivity contribution in [2.75, 3.05) is 6.61 Å². The van der Waals surface area contributed by atoms with Gasteiger partial charge in [-0.2, -0.15) is 0 Å². The molecule has 0 amide bonds. The van der Waals surface area contributed by atoms with Crippen molar-refractivity contribution in [3.05, 3.63) is 29.8 Å². The van der Waals surface area contributed by atoms with E-state index in [1.807, 2.05) is 12.1 Å². The van der Waals surface area contributed by atoms with Gasteiger partial charge in [-0.05, 0) is 42.9 Å². The Morgan fingerprint density at radius 1 is 1.22 bits per heavy atom. The molecule has 1 aromatic carbocycles. The molecule has 3 atom stereocenters. The molecule has 0 aromatic heterocycles. The van der Waals surface area contributed by atoms with E-state index in [-0.39, 0.29) is 12.1 Å². The SMILES string of the molecule is CC1CCOC1C(N)c1ccc(OC2CC2)cc1. The van der Waals surface area contributed by atoms with Gasteiger partial charge < -0.3 is 15.2 Å². The second-order valence-corrected chi connectivity index (χ2v) is 5.51. The van der Waals surface area contributed by atoms with Gasteiger partial charge in [-0.1, -0.05) is 19.1 Å². The van der Waals surface area contributed by atoms with E-state index in [1.165, 1.54) is 12.8 Å². The Kier molecular flexibility index (Phi) is 3.27. The fourth-order valence-electron chi connectivity index (χ4n) is 2.51. The van der Waals surface area contributed by atoms with Crippen LogP contribution in [-0.4, -0.2) is 18.8 Å². The van der Waals surface area contributed by atoms with Gasteiger partial charge in [-0.3, -0.25) is 0 Å². The third-order valence-corrected chi connectivity index (χ3v) is 3.89. The zero-order valence-corrected chi connectivity index (χ0v) is 10.8. The van der Waals surface area contributed by atoms with Crippen LogP contribution >= 0.6 is 0 Å². The maximum Gasteiger partial charge on any atom is 0.119 e. The molecular formula is C15H21NO2. The quantitative estimate of drug-likeness (QED) is 0.889. The van der Waals surface area contributed by atoms with Gasteiger partial charge in [0, 0.05) is 6.61 Å². The maximum atomic E-state index is 6.29. The van der Waals surface area contributed by atoms with Crippen molar-refractivity contribution >= 4 is 0 Å². The second kappa shape index (κ2) is 4.90. The Bertz CT molecular complexity index is 399. The summed E-state index contributed by atoms with van der Waals surface area (Å²) in [5.41, 5.74) is 7.42. The van der Waals surface area contributed by atoms with Crippen molar-refractivity contribution in [1.29, 1.82) is 0 Å². The van der Waals surface area contributed by atoms with E-state index in [1.54, 1.807) is 0 Å². The fourth-order valence-corrected chi connectivity index (χ4v) is 2.51. The van der Waals surface area contributed by atoms with E-state index in [0.29, 0.717) is 12.0 Å². The Labute approximate surface area is 108 Å². The summed E-state index contributed by atoms with van der Waals surface area (Å²) in [6, 6.07) is 8.14. The van der Waals surface area contributed by atoms with Gasteiger partial charge in [0.15, 0.2) is 0 Å². The van der Waals surface area contributed by atoms with Gasteiger partial charge in [0.2, 0.25) is 0 Å². The van der Waals surface area contributed by atoms with Gasteiger partial charge in [-0.15, -0.1) is 0 Å².